The molecule has 0 aliphatic carbocycles. The van der Waals surface area contributed by atoms with E-state index in [9.17, 15) is 4.39 Å². The Morgan fingerprint density at radius 1 is 1.13 bits per heavy atom. The summed E-state index contributed by atoms with van der Waals surface area (Å²) < 4.78 is 19.0. The third-order valence-corrected chi connectivity index (χ3v) is 5.64. The number of nitrogens with zero attached hydrogens (tertiary/aromatic N) is 4. The normalized spacial score (nSPS) is 19.3. The van der Waals surface area contributed by atoms with Crippen molar-refractivity contribution in [2.45, 2.75) is 0 Å². The summed E-state index contributed by atoms with van der Waals surface area (Å²) in [5.41, 5.74) is 4.51. The van der Waals surface area contributed by atoms with Crippen LogP contribution in [0.1, 0.15) is 0 Å². The zero-order chi connectivity index (χ0) is 21.0. The Kier molecular flexibility index (Phi) is 5.73. The molecule has 31 heavy (non-hydrogen) atoms. The molecule has 2 aromatic heterocycles. The van der Waals surface area contributed by atoms with Crippen LogP contribution in [-0.4, -0.2) is 60.9 Å². The third kappa shape index (κ3) is 4.50. The topological polar surface area (TPSA) is 75.2 Å². The van der Waals surface area contributed by atoms with Crippen molar-refractivity contribution in [3.63, 3.8) is 0 Å². The van der Waals surface area contributed by atoms with Crippen molar-refractivity contribution in [2.24, 2.45) is 5.92 Å². The first-order valence-electron chi connectivity index (χ1n) is 10.6. The van der Waals surface area contributed by atoms with E-state index in [-0.39, 0.29) is 11.7 Å². The molecule has 8 heteroatoms. The lowest BCUT2D eigenvalue weighted by atomic mass is 10.1. The quantitative estimate of drug-likeness (QED) is 0.657. The third-order valence-electron chi connectivity index (χ3n) is 5.64. The van der Waals surface area contributed by atoms with E-state index in [1.54, 1.807) is 18.5 Å². The predicted molar refractivity (Wildman–Crippen MR) is 120 cm³/mol. The number of fused-ring (bicyclic) bond motifs is 1. The number of anilines is 2. The predicted octanol–water partition coefficient (Wildman–Crippen LogP) is 3.01. The first-order chi connectivity index (χ1) is 15.3. The van der Waals surface area contributed by atoms with E-state index in [2.05, 4.69) is 49.8 Å². The van der Waals surface area contributed by atoms with Gasteiger partial charge in [-0.1, -0.05) is 12.1 Å². The van der Waals surface area contributed by atoms with E-state index in [0.717, 1.165) is 49.6 Å². The summed E-state index contributed by atoms with van der Waals surface area (Å²) in [4.78, 5) is 16.1. The molecule has 1 fully saturated rings. The summed E-state index contributed by atoms with van der Waals surface area (Å²) in [6.07, 6.45) is 5.01. The maximum atomic E-state index is 13.6. The molecule has 0 radical (unpaired) electrons. The van der Waals surface area contributed by atoms with Gasteiger partial charge in [0.25, 0.3) is 0 Å². The van der Waals surface area contributed by atoms with Gasteiger partial charge in [-0.25, -0.2) is 14.4 Å². The lowest BCUT2D eigenvalue weighted by Crippen LogP contribution is -2.36. The second-order valence-corrected chi connectivity index (χ2v) is 7.81. The van der Waals surface area contributed by atoms with Crippen LogP contribution in [-0.2, 0) is 4.74 Å². The van der Waals surface area contributed by atoms with Crippen LogP contribution < -0.4 is 15.5 Å². The second kappa shape index (κ2) is 8.95. The number of ether oxygens (including phenoxy) is 1. The molecule has 160 valence electrons. The van der Waals surface area contributed by atoms with Gasteiger partial charge in [-0.15, -0.1) is 0 Å². The van der Waals surface area contributed by atoms with E-state index in [0.29, 0.717) is 24.4 Å². The van der Waals surface area contributed by atoms with Gasteiger partial charge in [-0.3, -0.25) is 4.98 Å². The fourth-order valence-corrected chi connectivity index (χ4v) is 4.02. The Morgan fingerprint density at radius 2 is 1.94 bits per heavy atom. The van der Waals surface area contributed by atoms with Crippen LogP contribution in [0.15, 0.2) is 54.6 Å². The van der Waals surface area contributed by atoms with Gasteiger partial charge < -0.3 is 20.3 Å². The number of morpholine rings is 1. The van der Waals surface area contributed by atoms with Gasteiger partial charge in [-0.2, -0.15) is 0 Å². The van der Waals surface area contributed by atoms with Crippen LogP contribution in [0.4, 0.5) is 15.9 Å². The Hall–Kier alpha value is -3.10. The van der Waals surface area contributed by atoms with Gasteiger partial charge in [0.05, 0.1) is 24.4 Å². The van der Waals surface area contributed by atoms with Crippen molar-refractivity contribution >= 4 is 22.5 Å². The van der Waals surface area contributed by atoms with Gasteiger partial charge >= 0.3 is 0 Å². The number of hydrogen-bond acceptors (Lipinski definition) is 7. The average Bonchev–Trinajstić information content (AvgIpc) is 2.83. The number of hydrogen-bond donors (Lipinski definition) is 2. The molecule has 3 aromatic rings. The lowest BCUT2D eigenvalue weighted by molar-refractivity contribution is 0.122. The highest BCUT2D eigenvalue weighted by Crippen LogP contribution is 2.27. The number of rotatable bonds is 5. The molecule has 0 spiro atoms. The van der Waals surface area contributed by atoms with Crippen molar-refractivity contribution in [3.8, 4) is 11.3 Å². The summed E-state index contributed by atoms with van der Waals surface area (Å²) >= 11 is 0. The number of pyridine rings is 1. The molecule has 1 unspecified atom stereocenters. The molecule has 5 rings (SSSR count). The Morgan fingerprint density at radius 3 is 2.74 bits per heavy atom. The Balaban J connectivity index is 1.41. The van der Waals surface area contributed by atoms with E-state index < -0.39 is 0 Å². The molecular formula is C23H25FN6O. The van der Waals surface area contributed by atoms with Crippen molar-refractivity contribution in [2.75, 3.05) is 56.2 Å². The van der Waals surface area contributed by atoms with Crippen LogP contribution in [0, 0.1) is 5.92 Å². The van der Waals surface area contributed by atoms with E-state index in [1.807, 2.05) is 6.07 Å². The molecule has 0 saturated carbocycles. The molecule has 1 aromatic carbocycles. The first kappa shape index (κ1) is 19.8. The molecule has 4 heterocycles. The maximum Gasteiger partial charge on any atom is 0.154 e. The van der Waals surface area contributed by atoms with E-state index in [1.165, 1.54) is 5.69 Å². The van der Waals surface area contributed by atoms with Crippen molar-refractivity contribution < 1.29 is 9.13 Å². The minimum Gasteiger partial charge on any atom is -0.378 e. The number of nitrogens with one attached hydrogen (secondary N) is 2. The fourth-order valence-electron chi connectivity index (χ4n) is 4.02. The summed E-state index contributed by atoms with van der Waals surface area (Å²) in [6, 6.07) is 10.4. The Labute approximate surface area is 180 Å². The smallest absolute Gasteiger partial charge is 0.154 e. The SMILES string of the molecule is FC1=CC(CNc2nc(-c3ccc(N4CCOCC4)cc3)cc3nccnc23)CNC1. The fraction of sp³-hybridized carbons (Fsp3) is 0.348. The molecule has 1 atom stereocenters. The number of aromatic nitrogens is 3. The van der Waals surface area contributed by atoms with Crippen LogP contribution >= 0.6 is 0 Å². The summed E-state index contributed by atoms with van der Waals surface area (Å²) in [5.74, 6) is 0.598. The number of halogens is 1. The molecule has 0 amide bonds. The highest BCUT2D eigenvalue weighted by molar-refractivity contribution is 5.88. The monoisotopic (exact) mass is 420 g/mol. The molecule has 7 nitrogen and oxygen atoms in total. The van der Waals surface area contributed by atoms with Gasteiger partial charge in [0.15, 0.2) is 5.82 Å². The number of benzene rings is 1. The summed E-state index contributed by atoms with van der Waals surface area (Å²) in [5, 5.41) is 6.45. The van der Waals surface area contributed by atoms with Crippen molar-refractivity contribution in [3.05, 3.63) is 54.6 Å². The zero-order valence-electron chi connectivity index (χ0n) is 17.2. The van der Waals surface area contributed by atoms with Crippen molar-refractivity contribution in [1.82, 2.24) is 20.3 Å². The molecule has 2 aliphatic rings. The molecule has 0 bridgehead atoms. The minimum absolute atomic E-state index is 0.0544. The molecule has 2 aliphatic heterocycles. The highest BCUT2D eigenvalue weighted by atomic mass is 19.1. The highest BCUT2D eigenvalue weighted by Gasteiger charge is 2.16. The van der Waals surface area contributed by atoms with Crippen molar-refractivity contribution in [1.29, 1.82) is 0 Å². The molecular weight excluding hydrogens is 395 g/mol. The van der Waals surface area contributed by atoms with E-state index >= 15 is 0 Å². The van der Waals surface area contributed by atoms with Crippen LogP contribution in [0.2, 0.25) is 0 Å². The standard InChI is InChI=1S/C23H25FN6O/c24-18-11-16(13-25-15-18)14-28-23-22-21(26-5-6-27-22)12-20(29-23)17-1-3-19(4-2-17)30-7-9-31-10-8-30/h1-6,11-12,16,25H,7-10,13-15H2,(H,28,29). The molecule has 2 N–H and O–H groups in total. The summed E-state index contributed by atoms with van der Waals surface area (Å²) in [7, 11) is 0. The minimum atomic E-state index is -0.121. The average molecular weight is 420 g/mol. The van der Waals surface area contributed by atoms with Crippen LogP contribution in [0.25, 0.3) is 22.3 Å². The van der Waals surface area contributed by atoms with E-state index in [4.69, 9.17) is 9.72 Å². The second-order valence-electron chi connectivity index (χ2n) is 7.81. The zero-order valence-corrected chi connectivity index (χ0v) is 17.2. The largest absolute Gasteiger partial charge is 0.378 e. The van der Waals surface area contributed by atoms with Gasteiger partial charge in [0.1, 0.15) is 11.3 Å². The van der Waals surface area contributed by atoms with Gasteiger partial charge in [0, 0.05) is 62.3 Å². The lowest BCUT2D eigenvalue weighted by Gasteiger charge is -2.28. The Bertz CT molecular complexity index is 1080. The summed E-state index contributed by atoms with van der Waals surface area (Å²) in [6.45, 7) is 4.93. The first-order valence-corrected chi connectivity index (χ1v) is 10.6. The van der Waals surface area contributed by atoms with Crippen LogP contribution in [0.5, 0.6) is 0 Å². The van der Waals surface area contributed by atoms with Crippen LogP contribution in [0.3, 0.4) is 0 Å². The maximum absolute atomic E-state index is 13.6. The molecule has 1 saturated heterocycles. The van der Waals surface area contributed by atoms with Gasteiger partial charge in [-0.05, 0) is 24.3 Å². The van der Waals surface area contributed by atoms with Gasteiger partial charge in [0.2, 0.25) is 0 Å².